The predicted molar refractivity (Wildman–Crippen MR) is 61.2 cm³/mol. The third-order valence-corrected chi connectivity index (χ3v) is 3.06. The van der Waals surface area contributed by atoms with Crippen LogP contribution >= 0.6 is 0 Å². The molecule has 86 valence electrons. The molecule has 0 bridgehead atoms. The van der Waals surface area contributed by atoms with E-state index >= 15 is 0 Å². The Bertz CT molecular complexity index is 333. The van der Waals surface area contributed by atoms with Crippen LogP contribution in [-0.4, -0.2) is 28.8 Å². The van der Waals surface area contributed by atoms with Gasteiger partial charge in [0, 0.05) is 18.8 Å². The lowest BCUT2D eigenvalue weighted by atomic mass is 9.93. The lowest BCUT2D eigenvalue weighted by Gasteiger charge is -2.22. The SMILES string of the molecule is O=C(CCC1CCCNC1)c1cncnc1. The molecule has 2 rings (SSSR count). The number of aromatic nitrogens is 2. The summed E-state index contributed by atoms with van der Waals surface area (Å²) in [5.41, 5.74) is 0.631. The highest BCUT2D eigenvalue weighted by Crippen LogP contribution is 2.17. The largest absolute Gasteiger partial charge is 0.316 e. The second-order valence-corrected chi connectivity index (χ2v) is 4.30. The Morgan fingerprint density at radius 3 is 2.94 bits per heavy atom. The van der Waals surface area contributed by atoms with Gasteiger partial charge < -0.3 is 5.32 Å². The molecule has 0 spiro atoms. The number of rotatable bonds is 4. The number of hydrogen-bond acceptors (Lipinski definition) is 4. The van der Waals surface area contributed by atoms with E-state index in [0.29, 0.717) is 17.9 Å². The Kier molecular flexibility index (Phi) is 3.99. The van der Waals surface area contributed by atoms with Gasteiger partial charge in [0.25, 0.3) is 0 Å². The maximum absolute atomic E-state index is 11.8. The van der Waals surface area contributed by atoms with Crippen molar-refractivity contribution in [1.29, 1.82) is 0 Å². The minimum Gasteiger partial charge on any atom is -0.316 e. The fourth-order valence-electron chi connectivity index (χ4n) is 2.09. The summed E-state index contributed by atoms with van der Waals surface area (Å²) >= 11 is 0. The third-order valence-electron chi connectivity index (χ3n) is 3.06. The van der Waals surface area contributed by atoms with Crippen molar-refractivity contribution < 1.29 is 4.79 Å². The van der Waals surface area contributed by atoms with Crippen LogP contribution in [-0.2, 0) is 0 Å². The summed E-state index contributed by atoms with van der Waals surface area (Å²) in [4.78, 5) is 19.5. The zero-order valence-corrected chi connectivity index (χ0v) is 9.35. The van der Waals surface area contributed by atoms with E-state index in [4.69, 9.17) is 0 Å². The first-order valence-corrected chi connectivity index (χ1v) is 5.85. The van der Waals surface area contributed by atoms with E-state index in [9.17, 15) is 4.79 Å². The molecule has 4 heteroatoms. The second-order valence-electron chi connectivity index (χ2n) is 4.30. The number of piperidine rings is 1. The van der Waals surface area contributed by atoms with E-state index < -0.39 is 0 Å². The van der Waals surface area contributed by atoms with Crippen molar-refractivity contribution in [2.45, 2.75) is 25.7 Å². The number of Topliss-reactive ketones (excluding diaryl/α,β-unsaturated/α-hetero) is 1. The van der Waals surface area contributed by atoms with Gasteiger partial charge in [-0.3, -0.25) is 4.79 Å². The molecule has 1 aromatic rings. The van der Waals surface area contributed by atoms with Gasteiger partial charge in [0.05, 0.1) is 5.56 Å². The van der Waals surface area contributed by atoms with Gasteiger partial charge in [0.2, 0.25) is 0 Å². The van der Waals surface area contributed by atoms with Crippen LogP contribution in [0.2, 0.25) is 0 Å². The number of hydrogen-bond donors (Lipinski definition) is 1. The van der Waals surface area contributed by atoms with Crippen molar-refractivity contribution in [2.24, 2.45) is 5.92 Å². The molecule has 1 N–H and O–H groups in total. The normalized spacial score (nSPS) is 20.6. The summed E-state index contributed by atoms with van der Waals surface area (Å²) in [5, 5.41) is 3.36. The number of carbonyl (C=O) groups is 1. The van der Waals surface area contributed by atoms with E-state index in [2.05, 4.69) is 15.3 Å². The fourth-order valence-corrected chi connectivity index (χ4v) is 2.09. The summed E-state index contributed by atoms with van der Waals surface area (Å²) in [5.74, 6) is 0.813. The summed E-state index contributed by atoms with van der Waals surface area (Å²) in [6.45, 7) is 2.18. The average molecular weight is 219 g/mol. The standard InChI is InChI=1S/C12H17N3O/c16-12(11-7-14-9-15-8-11)4-3-10-2-1-5-13-6-10/h7-10,13H,1-6H2. The highest BCUT2D eigenvalue weighted by atomic mass is 16.1. The van der Waals surface area contributed by atoms with Crippen molar-refractivity contribution in [3.63, 3.8) is 0 Å². The molecular weight excluding hydrogens is 202 g/mol. The molecule has 0 saturated carbocycles. The smallest absolute Gasteiger partial charge is 0.165 e. The topological polar surface area (TPSA) is 54.9 Å². The van der Waals surface area contributed by atoms with Gasteiger partial charge in [0.15, 0.2) is 5.78 Å². The van der Waals surface area contributed by atoms with Gasteiger partial charge in [-0.05, 0) is 38.3 Å². The van der Waals surface area contributed by atoms with Crippen LogP contribution in [0, 0.1) is 5.92 Å². The average Bonchev–Trinajstić information content (AvgIpc) is 2.38. The van der Waals surface area contributed by atoms with Crippen molar-refractivity contribution in [3.8, 4) is 0 Å². The molecule has 1 aliphatic rings. The van der Waals surface area contributed by atoms with Gasteiger partial charge in [-0.25, -0.2) is 9.97 Å². The molecular formula is C12H17N3O. The van der Waals surface area contributed by atoms with Crippen LogP contribution in [0.4, 0.5) is 0 Å². The van der Waals surface area contributed by atoms with Gasteiger partial charge in [-0.15, -0.1) is 0 Å². The minimum absolute atomic E-state index is 0.158. The molecule has 1 aromatic heterocycles. The first-order chi connectivity index (χ1) is 7.86. The van der Waals surface area contributed by atoms with Crippen LogP contribution in [0.5, 0.6) is 0 Å². The van der Waals surface area contributed by atoms with Crippen LogP contribution in [0.3, 0.4) is 0 Å². The highest BCUT2D eigenvalue weighted by molar-refractivity contribution is 5.95. The lowest BCUT2D eigenvalue weighted by molar-refractivity contribution is 0.0970. The molecule has 1 saturated heterocycles. The van der Waals surface area contributed by atoms with Crippen molar-refractivity contribution in [1.82, 2.24) is 15.3 Å². The molecule has 1 atom stereocenters. The van der Waals surface area contributed by atoms with E-state index in [1.54, 1.807) is 12.4 Å². The van der Waals surface area contributed by atoms with Crippen LogP contribution in [0.25, 0.3) is 0 Å². The Morgan fingerprint density at radius 2 is 2.25 bits per heavy atom. The zero-order chi connectivity index (χ0) is 11.2. The van der Waals surface area contributed by atoms with E-state index in [1.807, 2.05) is 0 Å². The van der Waals surface area contributed by atoms with Crippen LogP contribution < -0.4 is 5.32 Å². The Balaban J connectivity index is 1.79. The first-order valence-electron chi connectivity index (χ1n) is 5.85. The molecule has 1 unspecified atom stereocenters. The highest BCUT2D eigenvalue weighted by Gasteiger charge is 2.15. The maximum Gasteiger partial charge on any atom is 0.165 e. The summed E-state index contributed by atoms with van der Waals surface area (Å²) in [7, 11) is 0. The molecule has 0 aliphatic carbocycles. The summed E-state index contributed by atoms with van der Waals surface area (Å²) < 4.78 is 0. The third kappa shape index (κ3) is 3.10. The van der Waals surface area contributed by atoms with Gasteiger partial charge in [-0.1, -0.05) is 0 Å². The lowest BCUT2D eigenvalue weighted by Crippen LogP contribution is -2.30. The van der Waals surface area contributed by atoms with Crippen molar-refractivity contribution in [3.05, 3.63) is 24.3 Å². The second kappa shape index (κ2) is 5.70. The van der Waals surface area contributed by atoms with Gasteiger partial charge >= 0.3 is 0 Å². The molecule has 0 aromatic carbocycles. The molecule has 2 heterocycles. The molecule has 0 radical (unpaired) electrons. The molecule has 16 heavy (non-hydrogen) atoms. The number of nitrogens with one attached hydrogen (secondary N) is 1. The molecule has 1 fully saturated rings. The van der Waals surface area contributed by atoms with E-state index in [0.717, 1.165) is 19.5 Å². The Hall–Kier alpha value is -1.29. The predicted octanol–water partition coefficient (Wildman–Crippen LogP) is 1.44. The van der Waals surface area contributed by atoms with Gasteiger partial charge in [0.1, 0.15) is 6.33 Å². The Labute approximate surface area is 95.5 Å². The molecule has 4 nitrogen and oxygen atoms in total. The van der Waals surface area contributed by atoms with E-state index in [-0.39, 0.29) is 5.78 Å². The number of nitrogens with zero attached hydrogens (tertiary/aromatic N) is 2. The fraction of sp³-hybridized carbons (Fsp3) is 0.583. The number of carbonyl (C=O) groups excluding carboxylic acids is 1. The number of ketones is 1. The van der Waals surface area contributed by atoms with E-state index in [1.165, 1.54) is 19.2 Å². The summed E-state index contributed by atoms with van der Waals surface area (Å²) in [6.07, 6.45) is 8.68. The first kappa shape index (κ1) is 11.2. The van der Waals surface area contributed by atoms with Crippen LogP contribution in [0.15, 0.2) is 18.7 Å². The Morgan fingerprint density at radius 1 is 1.44 bits per heavy atom. The molecule has 1 aliphatic heterocycles. The monoisotopic (exact) mass is 219 g/mol. The van der Waals surface area contributed by atoms with Crippen molar-refractivity contribution in [2.75, 3.05) is 13.1 Å². The summed E-state index contributed by atoms with van der Waals surface area (Å²) in [6, 6.07) is 0. The quantitative estimate of drug-likeness (QED) is 0.778. The minimum atomic E-state index is 0.158. The van der Waals surface area contributed by atoms with Gasteiger partial charge in [-0.2, -0.15) is 0 Å². The molecule has 0 amide bonds. The maximum atomic E-state index is 11.8. The van der Waals surface area contributed by atoms with Crippen molar-refractivity contribution >= 4 is 5.78 Å². The zero-order valence-electron chi connectivity index (χ0n) is 9.35. The van der Waals surface area contributed by atoms with Crippen LogP contribution in [0.1, 0.15) is 36.0 Å².